The third-order valence-corrected chi connectivity index (χ3v) is 5.37. The van der Waals surface area contributed by atoms with E-state index in [9.17, 15) is 0 Å². The first-order valence-corrected chi connectivity index (χ1v) is 9.19. The molecule has 2 aromatic carbocycles. The Bertz CT molecular complexity index is 854. The molecule has 0 amide bonds. The van der Waals surface area contributed by atoms with Gasteiger partial charge in [0.05, 0.1) is 5.52 Å². The van der Waals surface area contributed by atoms with Crippen LogP contribution in [0.15, 0.2) is 60.7 Å². The number of hydrogen-bond donors (Lipinski definition) is 0. The van der Waals surface area contributed by atoms with Crippen molar-refractivity contribution in [2.75, 3.05) is 31.1 Å². The van der Waals surface area contributed by atoms with Crippen molar-refractivity contribution in [3.05, 3.63) is 71.2 Å². The average molecular weight is 352 g/mol. The van der Waals surface area contributed by atoms with Crippen LogP contribution < -0.4 is 4.90 Å². The van der Waals surface area contributed by atoms with Gasteiger partial charge in [0.15, 0.2) is 0 Å². The van der Waals surface area contributed by atoms with E-state index < -0.39 is 0 Å². The lowest BCUT2D eigenvalue weighted by Gasteiger charge is -2.38. The summed E-state index contributed by atoms with van der Waals surface area (Å²) in [6, 6.07) is 21.2. The van der Waals surface area contributed by atoms with Crippen molar-refractivity contribution in [1.29, 1.82) is 0 Å². The first-order valence-electron chi connectivity index (χ1n) is 8.81. The van der Waals surface area contributed by atoms with Crippen LogP contribution in [0.5, 0.6) is 0 Å². The van der Waals surface area contributed by atoms with Crippen LogP contribution in [-0.2, 0) is 0 Å². The zero-order valence-corrected chi connectivity index (χ0v) is 15.2. The van der Waals surface area contributed by atoms with Crippen molar-refractivity contribution in [3.63, 3.8) is 0 Å². The Morgan fingerprint density at radius 2 is 1.60 bits per heavy atom. The van der Waals surface area contributed by atoms with E-state index in [1.54, 1.807) is 0 Å². The van der Waals surface area contributed by atoms with Crippen molar-refractivity contribution in [1.82, 2.24) is 9.88 Å². The Morgan fingerprint density at radius 3 is 2.36 bits per heavy atom. The number of anilines is 1. The summed E-state index contributed by atoms with van der Waals surface area (Å²) in [7, 11) is 0. The zero-order valence-electron chi connectivity index (χ0n) is 14.4. The number of aromatic nitrogens is 1. The Hall–Kier alpha value is -2.10. The van der Waals surface area contributed by atoms with Gasteiger partial charge < -0.3 is 4.90 Å². The van der Waals surface area contributed by atoms with Gasteiger partial charge in [-0.1, -0.05) is 41.9 Å². The topological polar surface area (TPSA) is 19.4 Å². The molecule has 0 N–H and O–H groups in total. The summed E-state index contributed by atoms with van der Waals surface area (Å²) in [5, 5.41) is 1.99. The number of halogens is 1. The van der Waals surface area contributed by atoms with Crippen molar-refractivity contribution in [2.24, 2.45) is 0 Å². The zero-order chi connectivity index (χ0) is 17.2. The number of hydrogen-bond acceptors (Lipinski definition) is 3. The predicted molar refractivity (Wildman–Crippen MR) is 105 cm³/mol. The van der Waals surface area contributed by atoms with E-state index in [1.165, 1.54) is 10.9 Å². The molecule has 4 rings (SSSR count). The van der Waals surface area contributed by atoms with Gasteiger partial charge in [-0.05, 0) is 42.8 Å². The van der Waals surface area contributed by atoms with E-state index in [2.05, 4.69) is 59.2 Å². The molecule has 25 heavy (non-hydrogen) atoms. The van der Waals surface area contributed by atoms with Gasteiger partial charge in [-0.15, -0.1) is 0 Å². The summed E-state index contributed by atoms with van der Waals surface area (Å²) >= 11 is 6.00. The van der Waals surface area contributed by atoms with Gasteiger partial charge in [0.25, 0.3) is 0 Å². The molecule has 1 aliphatic rings. The Labute approximate surface area is 153 Å². The molecule has 1 aromatic heterocycles. The highest BCUT2D eigenvalue weighted by Gasteiger charge is 2.22. The second-order valence-electron chi connectivity index (χ2n) is 6.61. The number of rotatable bonds is 3. The standard InChI is InChI=1S/C21H22ClN3/c1-16(17-6-9-19(22)10-7-17)24-12-14-25(15-13-24)21-11-8-18-4-2-3-5-20(18)23-21/h2-11,16H,12-15H2,1H3. The molecule has 0 aliphatic carbocycles. The molecule has 0 radical (unpaired) electrons. The third kappa shape index (κ3) is 3.48. The largest absolute Gasteiger partial charge is 0.354 e. The summed E-state index contributed by atoms with van der Waals surface area (Å²) < 4.78 is 0. The lowest BCUT2D eigenvalue weighted by atomic mass is 10.1. The average Bonchev–Trinajstić information content (AvgIpc) is 2.68. The van der Waals surface area contributed by atoms with Crippen molar-refractivity contribution >= 4 is 28.3 Å². The maximum Gasteiger partial charge on any atom is 0.129 e. The fourth-order valence-electron chi connectivity index (χ4n) is 3.52. The molecule has 1 aliphatic heterocycles. The summed E-state index contributed by atoms with van der Waals surface area (Å²) in [4.78, 5) is 9.74. The minimum Gasteiger partial charge on any atom is -0.354 e. The summed E-state index contributed by atoms with van der Waals surface area (Å²) in [5.41, 5.74) is 2.39. The summed E-state index contributed by atoms with van der Waals surface area (Å²) in [6.45, 7) is 6.36. The minimum atomic E-state index is 0.406. The van der Waals surface area contributed by atoms with E-state index in [0.717, 1.165) is 42.5 Å². The maximum atomic E-state index is 6.00. The van der Waals surface area contributed by atoms with E-state index in [0.29, 0.717) is 6.04 Å². The van der Waals surface area contributed by atoms with Gasteiger partial charge in [0, 0.05) is 42.6 Å². The number of pyridine rings is 1. The molecule has 128 valence electrons. The van der Waals surface area contributed by atoms with Gasteiger partial charge in [-0.3, -0.25) is 4.90 Å². The highest BCUT2D eigenvalue weighted by molar-refractivity contribution is 6.30. The van der Waals surface area contributed by atoms with Crippen molar-refractivity contribution < 1.29 is 0 Å². The SMILES string of the molecule is CC(c1ccc(Cl)cc1)N1CCN(c2ccc3ccccc3n2)CC1. The third-order valence-electron chi connectivity index (χ3n) is 5.12. The van der Waals surface area contributed by atoms with E-state index in [1.807, 2.05) is 18.2 Å². The van der Waals surface area contributed by atoms with Crippen LogP contribution in [0.25, 0.3) is 10.9 Å². The van der Waals surface area contributed by atoms with E-state index in [-0.39, 0.29) is 0 Å². The Kier molecular flexibility index (Phi) is 4.60. The lowest BCUT2D eigenvalue weighted by molar-refractivity contribution is 0.198. The second kappa shape index (κ2) is 7.03. The molecule has 0 bridgehead atoms. The number of fused-ring (bicyclic) bond motifs is 1. The first kappa shape index (κ1) is 16.4. The normalized spacial score (nSPS) is 17.0. The van der Waals surface area contributed by atoms with Crippen LogP contribution in [0.2, 0.25) is 5.02 Å². The van der Waals surface area contributed by atoms with E-state index in [4.69, 9.17) is 16.6 Å². The van der Waals surface area contributed by atoms with Crippen LogP contribution in [0.4, 0.5) is 5.82 Å². The molecule has 1 fully saturated rings. The molecule has 0 saturated carbocycles. The molecule has 1 unspecified atom stereocenters. The number of piperazine rings is 1. The highest BCUT2D eigenvalue weighted by atomic mass is 35.5. The molecular weight excluding hydrogens is 330 g/mol. The van der Waals surface area contributed by atoms with Crippen molar-refractivity contribution in [3.8, 4) is 0 Å². The van der Waals surface area contributed by atoms with Gasteiger partial charge in [-0.25, -0.2) is 4.98 Å². The van der Waals surface area contributed by atoms with Gasteiger partial charge in [-0.2, -0.15) is 0 Å². The molecule has 0 spiro atoms. The molecule has 2 heterocycles. The number of nitrogens with zero attached hydrogens (tertiary/aromatic N) is 3. The van der Waals surface area contributed by atoms with Crippen LogP contribution in [0.3, 0.4) is 0 Å². The summed E-state index contributed by atoms with van der Waals surface area (Å²) in [5.74, 6) is 1.08. The monoisotopic (exact) mass is 351 g/mol. The highest BCUT2D eigenvalue weighted by Crippen LogP contribution is 2.25. The first-order chi connectivity index (χ1) is 12.2. The molecule has 3 aromatic rings. The van der Waals surface area contributed by atoms with Crippen LogP contribution in [-0.4, -0.2) is 36.1 Å². The van der Waals surface area contributed by atoms with Crippen LogP contribution >= 0.6 is 11.6 Å². The van der Waals surface area contributed by atoms with Crippen LogP contribution in [0, 0.1) is 0 Å². The molecule has 1 atom stereocenters. The van der Waals surface area contributed by atoms with Crippen LogP contribution in [0.1, 0.15) is 18.5 Å². The molecule has 3 nitrogen and oxygen atoms in total. The predicted octanol–water partition coefficient (Wildman–Crippen LogP) is 4.77. The van der Waals surface area contributed by atoms with Gasteiger partial charge in [0.1, 0.15) is 5.82 Å². The number of para-hydroxylation sites is 1. The quantitative estimate of drug-likeness (QED) is 0.677. The second-order valence-corrected chi connectivity index (χ2v) is 7.05. The van der Waals surface area contributed by atoms with Gasteiger partial charge in [0.2, 0.25) is 0 Å². The maximum absolute atomic E-state index is 6.00. The van der Waals surface area contributed by atoms with Crippen molar-refractivity contribution in [2.45, 2.75) is 13.0 Å². The smallest absolute Gasteiger partial charge is 0.129 e. The Morgan fingerprint density at radius 1 is 0.880 bits per heavy atom. The Balaban J connectivity index is 1.44. The van der Waals surface area contributed by atoms with Gasteiger partial charge >= 0.3 is 0 Å². The fraction of sp³-hybridized carbons (Fsp3) is 0.286. The summed E-state index contributed by atoms with van der Waals surface area (Å²) in [6.07, 6.45) is 0. The van der Waals surface area contributed by atoms with E-state index >= 15 is 0 Å². The lowest BCUT2D eigenvalue weighted by Crippen LogP contribution is -2.47. The molecular formula is C21H22ClN3. The molecule has 1 saturated heterocycles. The fourth-order valence-corrected chi connectivity index (χ4v) is 3.65. The number of benzene rings is 2. The minimum absolute atomic E-state index is 0.406. The molecule has 4 heteroatoms.